The fourth-order valence-corrected chi connectivity index (χ4v) is 4.48. The lowest BCUT2D eigenvalue weighted by Gasteiger charge is -2.20. The molecule has 0 bridgehead atoms. The minimum Gasteiger partial charge on any atom is -0.340 e. The summed E-state index contributed by atoms with van der Waals surface area (Å²) >= 11 is 1.64. The van der Waals surface area contributed by atoms with Gasteiger partial charge in [0.2, 0.25) is 5.91 Å². The summed E-state index contributed by atoms with van der Waals surface area (Å²) in [6.45, 7) is 2.17. The molecule has 0 radical (unpaired) electrons. The monoisotopic (exact) mass is 404 g/mol. The van der Waals surface area contributed by atoms with Crippen LogP contribution in [0.3, 0.4) is 0 Å². The highest BCUT2D eigenvalue weighted by Gasteiger charge is 2.21. The smallest absolute Gasteiger partial charge is 0.252 e. The summed E-state index contributed by atoms with van der Waals surface area (Å²) in [7, 11) is 0. The Labute approximate surface area is 175 Å². The molecule has 1 aliphatic heterocycles. The Morgan fingerprint density at radius 3 is 2.69 bits per heavy atom. The number of thiophene rings is 1. The van der Waals surface area contributed by atoms with Gasteiger partial charge in [-0.15, -0.1) is 11.3 Å². The second-order valence-corrected chi connectivity index (χ2v) is 8.31. The van der Waals surface area contributed by atoms with E-state index in [4.69, 9.17) is 0 Å². The van der Waals surface area contributed by atoms with Gasteiger partial charge in [0.25, 0.3) is 5.91 Å². The molecule has 5 heteroatoms. The Balaban J connectivity index is 1.58. The zero-order valence-electron chi connectivity index (χ0n) is 16.4. The number of amides is 2. The van der Waals surface area contributed by atoms with Crippen LogP contribution in [-0.4, -0.2) is 11.8 Å². The molecule has 1 unspecified atom stereocenters. The molecule has 2 N–H and O–H groups in total. The van der Waals surface area contributed by atoms with Gasteiger partial charge in [0.15, 0.2) is 0 Å². The van der Waals surface area contributed by atoms with Gasteiger partial charge >= 0.3 is 0 Å². The summed E-state index contributed by atoms with van der Waals surface area (Å²) < 4.78 is 0. The highest BCUT2D eigenvalue weighted by atomic mass is 32.1. The average molecular weight is 405 g/mol. The molecule has 0 fully saturated rings. The number of fused-ring (bicyclic) bond motifs is 1. The Morgan fingerprint density at radius 1 is 1.14 bits per heavy atom. The van der Waals surface area contributed by atoms with E-state index in [0.717, 1.165) is 34.5 Å². The molecule has 2 heterocycles. The summed E-state index contributed by atoms with van der Waals surface area (Å²) in [6, 6.07) is 17.9. The van der Waals surface area contributed by atoms with Gasteiger partial charge in [-0.25, -0.2) is 0 Å². The molecule has 148 valence electrons. The van der Waals surface area contributed by atoms with Crippen LogP contribution in [0.2, 0.25) is 0 Å². The quantitative estimate of drug-likeness (QED) is 0.600. The number of carbonyl (C=O) groups is 2. The minimum absolute atomic E-state index is 0.0268. The van der Waals surface area contributed by atoms with E-state index < -0.39 is 0 Å². The first-order chi connectivity index (χ1) is 14.1. The van der Waals surface area contributed by atoms with Gasteiger partial charge in [0.05, 0.1) is 6.04 Å². The van der Waals surface area contributed by atoms with Crippen LogP contribution in [0.4, 0.5) is 5.69 Å². The molecule has 29 heavy (non-hydrogen) atoms. The summed E-state index contributed by atoms with van der Waals surface area (Å²) in [5.41, 5.74) is 4.81. The number of benzene rings is 2. The number of carbonyl (C=O) groups excluding carboxylic acids is 2. The first kappa shape index (κ1) is 19.4. The van der Waals surface area contributed by atoms with E-state index in [9.17, 15) is 9.59 Å². The van der Waals surface area contributed by atoms with Crippen molar-refractivity contribution < 1.29 is 9.59 Å². The van der Waals surface area contributed by atoms with Crippen molar-refractivity contribution in [3.8, 4) is 0 Å². The number of aryl methyl sites for hydroxylation is 2. The standard InChI is InChI=1S/C24H24N2O2S/c1-2-4-16-6-8-17(9-7-16)23(21-5-3-14-29-21)26-24(28)19-10-12-20-18(15-19)11-13-22(27)25-20/h3,5-10,12,14-15,23H,2,4,11,13H2,1H3,(H,25,27)(H,26,28). The van der Waals surface area contributed by atoms with Gasteiger partial charge in [-0.05, 0) is 59.2 Å². The van der Waals surface area contributed by atoms with Crippen molar-refractivity contribution >= 4 is 28.8 Å². The summed E-state index contributed by atoms with van der Waals surface area (Å²) in [6.07, 6.45) is 3.29. The lowest BCUT2D eigenvalue weighted by molar-refractivity contribution is -0.116. The number of hydrogen-bond donors (Lipinski definition) is 2. The van der Waals surface area contributed by atoms with Crippen LogP contribution >= 0.6 is 11.3 Å². The first-order valence-electron chi connectivity index (χ1n) is 10.00. The molecule has 3 aromatic rings. The molecule has 0 aliphatic carbocycles. The predicted octanol–water partition coefficient (Wildman–Crippen LogP) is 5.10. The molecule has 0 spiro atoms. The second-order valence-electron chi connectivity index (χ2n) is 7.33. The van der Waals surface area contributed by atoms with Crippen molar-refractivity contribution in [3.05, 3.63) is 87.1 Å². The minimum atomic E-state index is -0.186. The number of nitrogens with one attached hydrogen (secondary N) is 2. The lowest BCUT2D eigenvalue weighted by atomic mass is 9.99. The van der Waals surface area contributed by atoms with Crippen molar-refractivity contribution in [2.75, 3.05) is 5.32 Å². The Bertz CT molecular complexity index is 1010. The molecule has 4 nitrogen and oxygen atoms in total. The fourth-order valence-electron chi connectivity index (χ4n) is 3.68. The van der Waals surface area contributed by atoms with Crippen LogP contribution in [0.25, 0.3) is 0 Å². The number of anilines is 1. The largest absolute Gasteiger partial charge is 0.340 e. The third-order valence-corrected chi connectivity index (χ3v) is 6.15. The van der Waals surface area contributed by atoms with Crippen molar-refractivity contribution in [3.63, 3.8) is 0 Å². The molecular weight excluding hydrogens is 380 g/mol. The van der Waals surface area contributed by atoms with Crippen LogP contribution in [0.15, 0.2) is 60.0 Å². The van der Waals surface area contributed by atoms with Crippen molar-refractivity contribution in [1.82, 2.24) is 5.32 Å². The van der Waals surface area contributed by atoms with Crippen molar-refractivity contribution in [2.45, 2.75) is 38.6 Å². The van der Waals surface area contributed by atoms with Gasteiger partial charge < -0.3 is 10.6 Å². The van der Waals surface area contributed by atoms with Gasteiger partial charge in [0.1, 0.15) is 0 Å². The van der Waals surface area contributed by atoms with Crippen LogP contribution in [0.1, 0.15) is 57.7 Å². The van der Waals surface area contributed by atoms with Crippen LogP contribution in [0.5, 0.6) is 0 Å². The van der Waals surface area contributed by atoms with E-state index >= 15 is 0 Å². The molecule has 1 aliphatic rings. The molecule has 0 saturated heterocycles. The summed E-state index contributed by atoms with van der Waals surface area (Å²) in [5.74, 6) is -0.0836. The van der Waals surface area contributed by atoms with Crippen LogP contribution in [0, 0.1) is 0 Å². The topological polar surface area (TPSA) is 58.2 Å². The number of hydrogen-bond acceptors (Lipinski definition) is 3. The zero-order chi connectivity index (χ0) is 20.2. The van der Waals surface area contributed by atoms with Gasteiger partial charge in [-0.2, -0.15) is 0 Å². The van der Waals surface area contributed by atoms with E-state index in [1.165, 1.54) is 5.56 Å². The van der Waals surface area contributed by atoms with E-state index in [2.05, 4.69) is 47.9 Å². The molecule has 1 aromatic heterocycles. The van der Waals surface area contributed by atoms with E-state index in [1.807, 2.05) is 23.6 Å². The Kier molecular flexibility index (Phi) is 5.76. The van der Waals surface area contributed by atoms with Crippen LogP contribution < -0.4 is 10.6 Å². The third kappa shape index (κ3) is 4.40. The summed E-state index contributed by atoms with van der Waals surface area (Å²) in [4.78, 5) is 25.7. The molecule has 4 rings (SSSR count). The number of rotatable bonds is 6. The molecule has 2 aromatic carbocycles. The average Bonchev–Trinajstić information content (AvgIpc) is 3.27. The second kappa shape index (κ2) is 8.62. The molecule has 2 amide bonds. The van der Waals surface area contributed by atoms with Crippen molar-refractivity contribution in [1.29, 1.82) is 0 Å². The maximum absolute atomic E-state index is 13.0. The highest BCUT2D eigenvalue weighted by molar-refractivity contribution is 7.10. The van der Waals surface area contributed by atoms with Gasteiger partial charge in [-0.3, -0.25) is 9.59 Å². The molecule has 1 atom stereocenters. The molecular formula is C24H24N2O2S. The van der Waals surface area contributed by atoms with Gasteiger partial charge in [-0.1, -0.05) is 43.7 Å². The van der Waals surface area contributed by atoms with E-state index in [1.54, 1.807) is 17.4 Å². The van der Waals surface area contributed by atoms with Gasteiger partial charge in [0, 0.05) is 22.5 Å². The predicted molar refractivity (Wildman–Crippen MR) is 117 cm³/mol. The first-order valence-corrected chi connectivity index (χ1v) is 10.9. The highest BCUT2D eigenvalue weighted by Crippen LogP contribution is 2.28. The van der Waals surface area contributed by atoms with E-state index in [0.29, 0.717) is 18.4 Å². The van der Waals surface area contributed by atoms with Crippen molar-refractivity contribution in [2.24, 2.45) is 0 Å². The van der Waals surface area contributed by atoms with E-state index in [-0.39, 0.29) is 17.9 Å². The Hall–Kier alpha value is -2.92. The lowest BCUT2D eigenvalue weighted by Crippen LogP contribution is -2.29. The Morgan fingerprint density at radius 2 is 1.97 bits per heavy atom. The SMILES string of the molecule is CCCc1ccc(C(NC(=O)c2ccc3c(c2)CCC(=O)N3)c2cccs2)cc1. The zero-order valence-corrected chi connectivity index (χ0v) is 17.2. The maximum atomic E-state index is 13.0. The summed E-state index contributed by atoms with van der Waals surface area (Å²) in [5, 5.41) is 8.09. The van der Waals surface area contributed by atoms with Crippen LogP contribution in [-0.2, 0) is 17.6 Å². The maximum Gasteiger partial charge on any atom is 0.252 e. The normalized spacial score (nSPS) is 14.0. The fraction of sp³-hybridized carbons (Fsp3) is 0.250. The molecule has 0 saturated carbocycles. The third-order valence-electron chi connectivity index (χ3n) is 5.22.